The van der Waals surface area contributed by atoms with Gasteiger partial charge in [-0.3, -0.25) is 4.79 Å². The Hall–Kier alpha value is -2.77. The van der Waals surface area contributed by atoms with E-state index in [-0.39, 0.29) is 25.0 Å². The number of benzene rings is 2. The molecule has 0 saturated carbocycles. The van der Waals surface area contributed by atoms with E-state index in [0.29, 0.717) is 34.4 Å². The van der Waals surface area contributed by atoms with Crippen LogP contribution in [0.5, 0.6) is 11.5 Å². The van der Waals surface area contributed by atoms with Crippen molar-refractivity contribution in [3.05, 3.63) is 53.1 Å². The first-order chi connectivity index (χ1) is 14.3. The lowest BCUT2D eigenvalue weighted by Crippen LogP contribution is -2.29. The highest BCUT2D eigenvalue weighted by Gasteiger charge is 2.21. The third kappa shape index (κ3) is 7.57. The number of rotatable bonds is 11. The zero-order valence-electron chi connectivity index (χ0n) is 17.2. The van der Waals surface area contributed by atoms with E-state index in [2.05, 4.69) is 5.32 Å². The van der Waals surface area contributed by atoms with Crippen LogP contribution in [0.2, 0.25) is 5.02 Å². The molecule has 0 bridgehead atoms. The second-order valence-electron chi connectivity index (χ2n) is 6.77. The van der Waals surface area contributed by atoms with Gasteiger partial charge in [0.25, 0.3) is 5.91 Å². The van der Waals surface area contributed by atoms with Gasteiger partial charge < -0.3 is 24.6 Å². The average molecular weight is 436 g/mol. The highest BCUT2D eigenvalue weighted by atomic mass is 35.5. The number of carbonyl (C=O) groups is 2. The molecule has 0 aliphatic heterocycles. The minimum atomic E-state index is -1.04. The predicted molar refractivity (Wildman–Crippen MR) is 115 cm³/mol. The fraction of sp³-hybridized carbons (Fsp3) is 0.364. The molecule has 0 aliphatic rings. The number of carboxylic acids is 1. The van der Waals surface area contributed by atoms with E-state index in [1.165, 1.54) is 0 Å². The van der Waals surface area contributed by atoms with E-state index in [1.807, 2.05) is 6.92 Å². The van der Waals surface area contributed by atoms with Gasteiger partial charge in [-0.1, -0.05) is 17.7 Å². The first-order valence-corrected chi connectivity index (χ1v) is 9.98. The van der Waals surface area contributed by atoms with E-state index < -0.39 is 12.1 Å². The van der Waals surface area contributed by atoms with Gasteiger partial charge in [-0.15, -0.1) is 0 Å². The Morgan fingerprint density at radius 1 is 1.10 bits per heavy atom. The van der Waals surface area contributed by atoms with Crippen LogP contribution in [0.4, 0.5) is 5.69 Å². The molecule has 2 rings (SSSR count). The molecule has 0 aliphatic carbocycles. The molecule has 0 saturated heterocycles. The van der Waals surface area contributed by atoms with Crippen LogP contribution in [0.15, 0.2) is 42.5 Å². The lowest BCUT2D eigenvalue weighted by atomic mass is 10.1. The molecule has 1 atom stereocenters. The molecule has 30 heavy (non-hydrogen) atoms. The number of hydrogen-bond donors (Lipinski definition) is 2. The summed E-state index contributed by atoms with van der Waals surface area (Å²) in [5, 5.41) is 12.7. The molecule has 2 N–H and O–H groups in total. The number of nitrogens with one attached hydrogen (secondary N) is 1. The fourth-order valence-electron chi connectivity index (χ4n) is 2.69. The zero-order valence-corrected chi connectivity index (χ0v) is 17.9. The molecular formula is C22H26ClNO6. The van der Waals surface area contributed by atoms with Gasteiger partial charge in [-0.25, -0.2) is 4.79 Å². The van der Waals surface area contributed by atoms with Crippen molar-refractivity contribution in [3.8, 4) is 11.5 Å². The Balaban J connectivity index is 2.09. The van der Waals surface area contributed by atoms with Crippen LogP contribution in [0, 0.1) is 0 Å². The van der Waals surface area contributed by atoms with Crippen LogP contribution in [-0.4, -0.2) is 42.4 Å². The van der Waals surface area contributed by atoms with Crippen LogP contribution in [-0.2, 0) is 20.7 Å². The molecule has 2 aromatic rings. The summed E-state index contributed by atoms with van der Waals surface area (Å²) in [5.74, 6) is -0.419. The summed E-state index contributed by atoms with van der Waals surface area (Å²) < 4.78 is 16.5. The second kappa shape index (κ2) is 11.4. The number of halogens is 1. The third-order valence-electron chi connectivity index (χ3n) is 3.93. The standard InChI is InChI=1S/C22H26ClNO6/c1-4-28-19-10-5-15(12-20(22(26)27)30-14(2)3)11-18(19)24-21(25)13-29-17-8-6-16(23)7-9-17/h5-11,14,20H,4,12-13H2,1-3H3,(H,24,25)(H,26,27). The molecular weight excluding hydrogens is 410 g/mol. The molecule has 0 fully saturated rings. The lowest BCUT2D eigenvalue weighted by Gasteiger charge is -2.18. The third-order valence-corrected chi connectivity index (χ3v) is 4.19. The monoisotopic (exact) mass is 435 g/mol. The van der Waals surface area contributed by atoms with Crippen molar-refractivity contribution in [1.82, 2.24) is 0 Å². The molecule has 0 heterocycles. The molecule has 0 spiro atoms. The molecule has 8 heteroatoms. The van der Waals surface area contributed by atoms with Gasteiger partial charge in [0.05, 0.1) is 18.4 Å². The maximum absolute atomic E-state index is 12.4. The molecule has 1 unspecified atom stereocenters. The molecule has 0 aromatic heterocycles. The van der Waals surface area contributed by atoms with E-state index in [4.69, 9.17) is 25.8 Å². The summed E-state index contributed by atoms with van der Waals surface area (Å²) in [5.41, 5.74) is 1.13. The molecule has 0 radical (unpaired) electrons. The van der Waals surface area contributed by atoms with Crippen molar-refractivity contribution in [1.29, 1.82) is 0 Å². The van der Waals surface area contributed by atoms with Gasteiger partial charge in [0.1, 0.15) is 11.5 Å². The van der Waals surface area contributed by atoms with Crippen molar-refractivity contribution in [2.75, 3.05) is 18.5 Å². The molecule has 162 valence electrons. The summed E-state index contributed by atoms with van der Waals surface area (Å²) in [6.07, 6.45) is -1.05. The number of hydrogen-bond acceptors (Lipinski definition) is 5. The van der Waals surface area contributed by atoms with E-state index in [9.17, 15) is 14.7 Å². The molecule has 7 nitrogen and oxygen atoms in total. The summed E-state index contributed by atoms with van der Waals surface area (Å²) in [7, 11) is 0. The van der Waals surface area contributed by atoms with Crippen molar-refractivity contribution < 1.29 is 28.9 Å². The van der Waals surface area contributed by atoms with Crippen molar-refractivity contribution in [3.63, 3.8) is 0 Å². The van der Waals surface area contributed by atoms with Crippen LogP contribution < -0.4 is 14.8 Å². The smallest absolute Gasteiger partial charge is 0.333 e. The first kappa shape index (κ1) is 23.5. The van der Waals surface area contributed by atoms with Gasteiger partial charge >= 0.3 is 5.97 Å². The fourth-order valence-corrected chi connectivity index (χ4v) is 2.81. The largest absolute Gasteiger partial charge is 0.492 e. The lowest BCUT2D eigenvalue weighted by molar-refractivity contribution is -0.153. The Morgan fingerprint density at radius 2 is 1.80 bits per heavy atom. The number of carbonyl (C=O) groups excluding carboxylic acids is 1. The Kier molecular flexibility index (Phi) is 8.95. The number of carboxylic acid groups (broad SMARTS) is 1. The van der Waals surface area contributed by atoms with Gasteiger partial charge in [0.15, 0.2) is 12.7 Å². The quantitative estimate of drug-likeness (QED) is 0.550. The highest BCUT2D eigenvalue weighted by molar-refractivity contribution is 6.30. The van der Waals surface area contributed by atoms with Crippen LogP contribution in [0.3, 0.4) is 0 Å². The molecule has 1 amide bonds. The number of anilines is 1. The van der Waals surface area contributed by atoms with E-state index in [1.54, 1.807) is 56.3 Å². The van der Waals surface area contributed by atoms with Crippen LogP contribution in [0.1, 0.15) is 26.3 Å². The van der Waals surface area contributed by atoms with Crippen LogP contribution >= 0.6 is 11.6 Å². The van der Waals surface area contributed by atoms with Crippen LogP contribution in [0.25, 0.3) is 0 Å². The maximum Gasteiger partial charge on any atom is 0.333 e. The van der Waals surface area contributed by atoms with Crippen molar-refractivity contribution >= 4 is 29.2 Å². The first-order valence-electron chi connectivity index (χ1n) is 9.60. The summed E-state index contributed by atoms with van der Waals surface area (Å²) in [6.45, 7) is 5.60. The average Bonchev–Trinajstić information content (AvgIpc) is 2.68. The SMILES string of the molecule is CCOc1ccc(CC(OC(C)C)C(=O)O)cc1NC(=O)COc1ccc(Cl)cc1. The van der Waals surface area contributed by atoms with Gasteiger partial charge in [-0.2, -0.15) is 0 Å². The van der Waals surface area contributed by atoms with Gasteiger partial charge in [0.2, 0.25) is 0 Å². The van der Waals surface area contributed by atoms with Gasteiger partial charge in [-0.05, 0) is 62.7 Å². The molecule has 2 aromatic carbocycles. The highest BCUT2D eigenvalue weighted by Crippen LogP contribution is 2.27. The minimum absolute atomic E-state index is 0.157. The van der Waals surface area contributed by atoms with E-state index >= 15 is 0 Å². The Morgan fingerprint density at radius 3 is 2.40 bits per heavy atom. The Labute approximate surface area is 180 Å². The second-order valence-corrected chi connectivity index (χ2v) is 7.21. The van der Waals surface area contributed by atoms with E-state index in [0.717, 1.165) is 0 Å². The predicted octanol–water partition coefficient (Wildman–Crippen LogP) is 4.18. The van der Waals surface area contributed by atoms with Crippen molar-refractivity contribution in [2.45, 2.75) is 39.4 Å². The topological polar surface area (TPSA) is 94.1 Å². The summed E-state index contributed by atoms with van der Waals surface area (Å²) >= 11 is 5.83. The van der Waals surface area contributed by atoms with Gasteiger partial charge in [0, 0.05) is 11.4 Å². The maximum atomic E-state index is 12.4. The Bertz CT molecular complexity index is 853. The normalized spacial score (nSPS) is 11.8. The zero-order chi connectivity index (χ0) is 22.1. The minimum Gasteiger partial charge on any atom is -0.492 e. The summed E-state index contributed by atoms with van der Waals surface area (Å²) in [6, 6.07) is 11.8. The number of amides is 1. The number of aliphatic carboxylic acids is 1. The number of ether oxygens (including phenoxy) is 3. The van der Waals surface area contributed by atoms with Crippen molar-refractivity contribution in [2.24, 2.45) is 0 Å². The summed E-state index contributed by atoms with van der Waals surface area (Å²) in [4.78, 5) is 23.8.